The van der Waals surface area contributed by atoms with Crippen LogP contribution in [0.2, 0.25) is 0 Å². The zero-order chi connectivity index (χ0) is 13.8. The third kappa shape index (κ3) is 10.1. The van der Waals surface area contributed by atoms with Crippen molar-refractivity contribution in [1.82, 2.24) is 0 Å². The average molecular weight is 303 g/mol. The summed E-state index contributed by atoms with van der Waals surface area (Å²) in [5, 5.41) is 9.65. The van der Waals surface area contributed by atoms with Gasteiger partial charge in [-0.3, -0.25) is 0 Å². The number of aryl methyl sites for hydroxylation is 1. The van der Waals surface area contributed by atoms with Crippen LogP contribution in [-0.4, -0.2) is 42.8 Å². The summed E-state index contributed by atoms with van der Waals surface area (Å²) >= 11 is 0. The number of para-hydroxylation sites is 1. The molecule has 0 aromatic heterocycles. The number of benzene rings is 1. The van der Waals surface area contributed by atoms with Crippen LogP contribution < -0.4 is 0 Å². The number of hydrogen-bond acceptors (Lipinski definition) is 1. The summed E-state index contributed by atoms with van der Waals surface area (Å²) in [5.41, 5.74) is 1.10. The summed E-state index contributed by atoms with van der Waals surface area (Å²) in [4.78, 5) is 0. The van der Waals surface area contributed by atoms with Gasteiger partial charge in [0.2, 0.25) is 0 Å². The maximum absolute atomic E-state index is 9.65. The fourth-order valence-electron chi connectivity index (χ4n) is 2.53. The summed E-state index contributed by atoms with van der Waals surface area (Å²) in [6.45, 7) is 2.27. The zero-order valence-electron chi connectivity index (χ0n) is 13.2. The van der Waals surface area contributed by atoms with Crippen molar-refractivity contribution in [3.63, 3.8) is 0 Å². The molecule has 110 valence electrons. The number of unbranched alkanes of at least 4 members (excludes halogenated alkanes) is 9. The molecule has 0 spiro atoms. The smallest absolute Gasteiger partial charge is 0.118 e. The van der Waals surface area contributed by atoms with Crippen molar-refractivity contribution in [1.29, 1.82) is 0 Å². The first-order valence-corrected chi connectivity index (χ1v) is 8.11. The van der Waals surface area contributed by atoms with Gasteiger partial charge < -0.3 is 5.11 Å². The molecule has 0 aliphatic carbocycles. The van der Waals surface area contributed by atoms with Crippen LogP contribution in [0, 0.1) is 0 Å². The topological polar surface area (TPSA) is 20.2 Å². The molecule has 2 heteroatoms. The summed E-state index contributed by atoms with van der Waals surface area (Å²) in [5.74, 6) is 0.457. The number of phenols is 1. The maximum Gasteiger partial charge on any atom is 0.118 e. The van der Waals surface area contributed by atoms with Crippen molar-refractivity contribution in [3.05, 3.63) is 29.8 Å². The normalized spacial score (nSPS) is 10.2. The second kappa shape index (κ2) is 14.2. The minimum Gasteiger partial charge on any atom is -0.508 e. The van der Waals surface area contributed by atoms with E-state index >= 15 is 0 Å². The summed E-state index contributed by atoms with van der Waals surface area (Å²) < 4.78 is 0. The van der Waals surface area contributed by atoms with Crippen LogP contribution >= 0.6 is 0 Å². The van der Waals surface area contributed by atoms with Gasteiger partial charge in [-0.15, -0.1) is 0 Å². The molecule has 0 heterocycles. The molecular formula is C18H30CaO. The van der Waals surface area contributed by atoms with Gasteiger partial charge in [-0.1, -0.05) is 82.9 Å². The largest absolute Gasteiger partial charge is 0.508 e. The van der Waals surface area contributed by atoms with Gasteiger partial charge >= 0.3 is 0 Å². The minimum absolute atomic E-state index is 0. The second-order valence-corrected chi connectivity index (χ2v) is 5.56. The van der Waals surface area contributed by atoms with Crippen molar-refractivity contribution in [2.24, 2.45) is 0 Å². The fraction of sp³-hybridized carbons (Fsp3) is 0.667. The quantitative estimate of drug-likeness (QED) is 0.424. The Morgan fingerprint density at radius 2 is 1.25 bits per heavy atom. The maximum atomic E-state index is 9.65. The molecule has 0 aliphatic heterocycles. The molecule has 1 rings (SSSR count). The Morgan fingerprint density at radius 1 is 0.750 bits per heavy atom. The monoisotopic (exact) mass is 302 g/mol. The summed E-state index contributed by atoms with van der Waals surface area (Å²) in [6.07, 6.45) is 14.6. The molecule has 0 unspecified atom stereocenters. The van der Waals surface area contributed by atoms with Gasteiger partial charge in [0, 0.05) is 37.7 Å². The van der Waals surface area contributed by atoms with E-state index in [0.717, 1.165) is 12.0 Å². The minimum atomic E-state index is 0. The molecule has 20 heavy (non-hydrogen) atoms. The Hall–Kier alpha value is 0.280. The molecule has 0 fully saturated rings. The van der Waals surface area contributed by atoms with Crippen molar-refractivity contribution >= 4 is 37.7 Å². The van der Waals surface area contributed by atoms with E-state index in [1.165, 1.54) is 64.2 Å². The Kier molecular flexibility index (Phi) is 14.4. The Balaban J connectivity index is 0.00000361. The van der Waals surface area contributed by atoms with Crippen molar-refractivity contribution in [2.45, 2.75) is 77.6 Å². The van der Waals surface area contributed by atoms with Gasteiger partial charge in [-0.2, -0.15) is 0 Å². The first-order valence-electron chi connectivity index (χ1n) is 8.11. The molecule has 0 saturated carbocycles. The van der Waals surface area contributed by atoms with E-state index < -0.39 is 0 Å². The van der Waals surface area contributed by atoms with Gasteiger partial charge in [0.1, 0.15) is 5.75 Å². The van der Waals surface area contributed by atoms with Crippen LogP contribution in [-0.2, 0) is 6.42 Å². The number of hydrogen-bond donors (Lipinski definition) is 1. The molecule has 1 nitrogen and oxygen atoms in total. The number of phenolic OH excluding ortho intramolecular Hbond substituents is 1. The van der Waals surface area contributed by atoms with E-state index in [-0.39, 0.29) is 37.7 Å². The summed E-state index contributed by atoms with van der Waals surface area (Å²) in [7, 11) is 0. The van der Waals surface area contributed by atoms with E-state index in [4.69, 9.17) is 0 Å². The van der Waals surface area contributed by atoms with Crippen molar-refractivity contribution < 1.29 is 5.11 Å². The first-order chi connectivity index (χ1) is 9.34. The third-order valence-corrected chi connectivity index (χ3v) is 3.79. The molecule has 0 atom stereocenters. The first kappa shape index (κ1) is 20.3. The Bertz CT molecular complexity index is 325. The van der Waals surface area contributed by atoms with E-state index in [9.17, 15) is 5.11 Å². The molecule has 2 radical (unpaired) electrons. The Labute approximate surface area is 155 Å². The van der Waals surface area contributed by atoms with Gasteiger partial charge in [-0.05, 0) is 24.5 Å². The predicted molar refractivity (Wildman–Crippen MR) is 89.4 cm³/mol. The molecule has 0 saturated heterocycles. The molecule has 0 aliphatic rings. The van der Waals surface area contributed by atoms with Crippen LogP contribution in [0.3, 0.4) is 0 Å². The van der Waals surface area contributed by atoms with Gasteiger partial charge in [0.25, 0.3) is 0 Å². The molecule has 0 bridgehead atoms. The molecule has 0 amide bonds. The molecule has 1 aromatic carbocycles. The zero-order valence-corrected chi connectivity index (χ0v) is 15.5. The predicted octanol–water partition coefficient (Wildman–Crippen LogP) is 5.47. The molecule has 1 aromatic rings. The number of aromatic hydroxyl groups is 1. The van der Waals surface area contributed by atoms with E-state index in [1.807, 2.05) is 18.2 Å². The van der Waals surface area contributed by atoms with Gasteiger partial charge in [0.15, 0.2) is 0 Å². The van der Waals surface area contributed by atoms with E-state index in [1.54, 1.807) is 6.07 Å². The molecule has 1 N–H and O–H groups in total. The van der Waals surface area contributed by atoms with E-state index in [2.05, 4.69) is 6.92 Å². The van der Waals surface area contributed by atoms with Crippen LogP contribution in [0.25, 0.3) is 0 Å². The van der Waals surface area contributed by atoms with E-state index in [0.29, 0.717) is 5.75 Å². The van der Waals surface area contributed by atoms with Crippen molar-refractivity contribution in [3.8, 4) is 5.75 Å². The second-order valence-electron chi connectivity index (χ2n) is 5.56. The fourth-order valence-corrected chi connectivity index (χ4v) is 2.53. The van der Waals surface area contributed by atoms with Gasteiger partial charge in [0.05, 0.1) is 0 Å². The summed E-state index contributed by atoms with van der Waals surface area (Å²) in [6, 6.07) is 7.71. The van der Waals surface area contributed by atoms with Crippen LogP contribution in [0.4, 0.5) is 0 Å². The molecular weight excluding hydrogens is 272 g/mol. The SMILES string of the molecule is CCCCCCCCCCCCc1ccccc1O.[Ca]. The third-order valence-electron chi connectivity index (χ3n) is 3.79. The standard InChI is InChI=1S/C18H30O.Ca/c1-2-3-4-5-6-7-8-9-10-11-14-17-15-12-13-16-18(17)19;/h12-13,15-16,19H,2-11,14H2,1H3;. The van der Waals surface area contributed by atoms with Crippen LogP contribution in [0.1, 0.15) is 76.7 Å². The van der Waals surface area contributed by atoms with Crippen molar-refractivity contribution in [2.75, 3.05) is 0 Å². The van der Waals surface area contributed by atoms with Crippen LogP contribution in [0.15, 0.2) is 24.3 Å². The van der Waals surface area contributed by atoms with Crippen LogP contribution in [0.5, 0.6) is 5.75 Å². The number of rotatable bonds is 11. The van der Waals surface area contributed by atoms with Gasteiger partial charge in [-0.25, -0.2) is 0 Å². The Morgan fingerprint density at radius 3 is 1.80 bits per heavy atom. The average Bonchev–Trinajstić information content (AvgIpc) is 2.43.